The Morgan fingerprint density at radius 1 is 1.20 bits per heavy atom. The van der Waals surface area contributed by atoms with Crippen LogP contribution in [0.4, 0.5) is 5.69 Å². The number of para-hydroxylation sites is 1. The predicted octanol–water partition coefficient (Wildman–Crippen LogP) is 3.29. The molecule has 2 aromatic carbocycles. The van der Waals surface area contributed by atoms with Crippen LogP contribution < -0.4 is 9.64 Å². The molecular formula is C17H17NO2. The highest BCUT2D eigenvalue weighted by atomic mass is 16.5. The van der Waals surface area contributed by atoms with Gasteiger partial charge in [-0.2, -0.15) is 0 Å². The first-order valence-corrected chi connectivity index (χ1v) is 6.76. The Balaban J connectivity index is 1.98. The number of carbonyl (C=O) groups excluding carboxylic acids is 1. The van der Waals surface area contributed by atoms with Crippen LogP contribution in [0.25, 0.3) is 0 Å². The largest absolute Gasteiger partial charge is 0.497 e. The van der Waals surface area contributed by atoms with Gasteiger partial charge >= 0.3 is 0 Å². The molecule has 3 nitrogen and oxygen atoms in total. The number of fused-ring (bicyclic) bond motifs is 1. The molecule has 0 saturated heterocycles. The summed E-state index contributed by atoms with van der Waals surface area (Å²) in [5.74, 6) is 0.734. The van der Waals surface area contributed by atoms with Gasteiger partial charge in [-0.15, -0.1) is 0 Å². The molecule has 0 aromatic heterocycles. The summed E-state index contributed by atoms with van der Waals surface area (Å²) < 4.78 is 5.19. The lowest BCUT2D eigenvalue weighted by Gasteiger charge is -2.23. The Kier molecular flexibility index (Phi) is 3.18. The first-order chi connectivity index (χ1) is 9.70. The third-order valence-electron chi connectivity index (χ3n) is 3.74. The smallest absolute Gasteiger partial charge is 0.258 e. The molecule has 0 spiro atoms. The van der Waals surface area contributed by atoms with Crippen LogP contribution in [0.5, 0.6) is 5.75 Å². The van der Waals surface area contributed by atoms with Crippen molar-refractivity contribution in [3.05, 3.63) is 59.7 Å². The highest BCUT2D eigenvalue weighted by molar-refractivity contribution is 6.07. The average molecular weight is 267 g/mol. The number of rotatable bonds is 2. The lowest BCUT2D eigenvalue weighted by molar-refractivity contribution is 0.0981. The van der Waals surface area contributed by atoms with Crippen molar-refractivity contribution in [1.29, 1.82) is 0 Å². The molecule has 1 heterocycles. The van der Waals surface area contributed by atoms with Crippen LogP contribution in [0.3, 0.4) is 0 Å². The van der Waals surface area contributed by atoms with Gasteiger partial charge in [0, 0.05) is 17.3 Å². The summed E-state index contributed by atoms with van der Waals surface area (Å²) in [5, 5.41) is 0. The Labute approximate surface area is 118 Å². The van der Waals surface area contributed by atoms with Crippen LogP contribution in [0.2, 0.25) is 0 Å². The van der Waals surface area contributed by atoms with Gasteiger partial charge in [0.05, 0.1) is 7.11 Å². The van der Waals surface area contributed by atoms with Gasteiger partial charge in [-0.3, -0.25) is 4.79 Å². The van der Waals surface area contributed by atoms with E-state index in [2.05, 4.69) is 13.0 Å². The third-order valence-corrected chi connectivity index (χ3v) is 3.74. The van der Waals surface area contributed by atoms with Crippen LogP contribution in [-0.4, -0.2) is 19.1 Å². The maximum atomic E-state index is 12.8. The highest BCUT2D eigenvalue weighted by Gasteiger charge is 2.31. The Morgan fingerprint density at radius 2 is 2.00 bits per heavy atom. The van der Waals surface area contributed by atoms with Crippen LogP contribution in [0, 0.1) is 0 Å². The Morgan fingerprint density at radius 3 is 2.80 bits per heavy atom. The van der Waals surface area contributed by atoms with Crippen molar-refractivity contribution in [2.24, 2.45) is 0 Å². The van der Waals surface area contributed by atoms with Crippen LogP contribution in [-0.2, 0) is 6.42 Å². The minimum Gasteiger partial charge on any atom is -0.497 e. The summed E-state index contributed by atoms with van der Waals surface area (Å²) in [6.45, 7) is 2.08. The lowest BCUT2D eigenvalue weighted by atomic mass is 10.1. The second-order valence-electron chi connectivity index (χ2n) is 5.09. The minimum atomic E-state index is 0.0290. The number of hydrogen-bond donors (Lipinski definition) is 0. The van der Waals surface area contributed by atoms with Gasteiger partial charge in [0.1, 0.15) is 5.75 Å². The Bertz CT molecular complexity index is 651. The zero-order valence-electron chi connectivity index (χ0n) is 11.7. The quantitative estimate of drug-likeness (QED) is 0.835. The molecular weight excluding hydrogens is 250 g/mol. The van der Waals surface area contributed by atoms with Crippen molar-refractivity contribution in [3.8, 4) is 5.75 Å². The number of amides is 1. The summed E-state index contributed by atoms with van der Waals surface area (Å²) in [4.78, 5) is 14.6. The van der Waals surface area contributed by atoms with E-state index in [9.17, 15) is 4.79 Å². The second kappa shape index (κ2) is 5.00. The van der Waals surface area contributed by atoms with E-state index in [0.29, 0.717) is 11.3 Å². The van der Waals surface area contributed by atoms with Crippen LogP contribution in [0.1, 0.15) is 22.8 Å². The van der Waals surface area contributed by atoms with Gasteiger partial charge in [0.15, 0.2) is 0 Å². The summed E-state index contributed by atoms with van der Waals surface area (Å²) in [6.07, 6.45) is 0.909. The molecule has 2 aromatic rings. The van der Waals surface area contributed by atoms with Gasteiger partial charge in [-0.1, -0.05) is 24.3 Å². The molecule has 1 amide bonds. The molecule has 20 heavy (non-hydrogen) atoms. The molecule has 0 N–H and O–H groups in total. The van der Waals surface area contributed by atoms with E-state index in [1.54, 1.807) is 13.2 Å². The zero-order chi connectivity index (χ0) is 14.1. The second-order valence-corrected chi connectivity index (χ2v) is 5.09. The van der Waals surface area contributed by atoms with E-state index >= 15 is 0 Å². The van der Waals surface area contributed by atoms with Crippen molar-refractivity contribution in [3.63, 3.8) is 0 Å². The molecule has 0 unspecified atom stereocenters. The van der Waals surface area contributed by atoms with Crippen LogP contribution in [0.15, 0.2) is 48.5 Å². The fourth-order valence-corrected chi connectivity index (χ4v) is 2.77. The normalized spacial score (nSPS) is 16.9. The number of nitrogens with zero attached hydrogens (tertiary/aromatic N) is 1. The maximum absolute atomic E-state index is 12.8. The Hall–Kier alpha value is -2.29. The van der Waals surface area contributed by atoms with Gasteiger partial charge in [0.2, 0.25) is 0 Å². The van der Waals surface area contributed by atoms with E-state index in [1.165, 1.54) is 5.56 Å². The van der Waals surface area contributed by atoms with E-state index in [1.807, 2.05) is 41.3 Å². The number of ether oxygens (including phenoxy) is 1. The maximum Gasteiger partial charge on any atom is 0.258 e. The number of benzene rings is 2. The van der Waals surface area contributed by atoms with Crippen molar-refractivity contribution in [2.45, 2.75) is 19.4 Å². The molecule has 0 aliphatic carbocycles. The SMILES string of the molecule is COc1cccc(C(=O)N2c3ccccc3C[C@@H]2C)c1. The molecule has 3 heteroatoms. The zero-order valence-corrected chi connectivity index (χ0v) is 11.7. The number of methoxy groups -OCH3 is 1. The highest BCUT2D eigenvalue weighted by Crippen LogP contribution is 2.33. The topological polar surface area (TPSA) is 29.5 Å². The first kappa shape index (κ1) is 12.7. The van der Waals surface area contributed by atoms with E-state index in [4.69, 9.17) is 4.74 Å². The first-order valence-electron chi connectivity index (χ1n) is 6.76. The van der Waals surface area contributed by atoms with Crippen molar-refractivity contribution >= 4 is 11.6 Å². The molecule has 0 bridgehead atoms. The van der Waals surface area contributed by atoms with E-state index in [-0.39, 0.29) is 11.9 Å². The number of anilines is 1. The van der Waals surface area contributed by atoms with Crippen molar-refractivity contribution < 1.29 is 9.53 Å². The molecule has 1 aliphatic rings. The van der Waals surface area contributed by atoms with Crippen LogP contribution >= 0.6 is 0 Å². The number of carbonyl (C=O) groups is 1. The van der Waals surface area contributed by atoms with E-state index in [0.717, 1.165) is 12.1 Å². The summed E-state index contributed by atoms with van der Waals surface area (Å²) in [7, 11) is 1.61. The predicted molar refractivity (Wildman–Crippen MR) is 79.4 cm³/mol. The van der Waals surface area contributed by atoms with Crippen molar-refractivity contribution in [2.75, 3.05) is 12.0 Å². The minimum absolute atomic E-state index is 0.0290. The molecule has 0 saturated carbocycles. The molecule has 1 aliphatic heterocycles. The van der Waals surface area contributed by atoms with Gasteiger partial charge in [-0.25, -0.2) is 0 Å². The average Bonchev–Trinajstić information content (AvgIpc) is 2.82. The third kappa shape index (κ3) is 2.05. The van der Waals surface area contributed by atoms with Crippen molar-refractivity contribution in [1.82, 2.24) is 0 Å². The summed E-state index contributed by atoms with van der Waals surface area (Å²) in [5.41, 5.74) is 2.91. The fraction of sp³-hybridized carbons (Fsp3) is 0.235. The summed E-state index contributed by atoms with van der Waals surface area (Å²) in [6, 6.07) is 15.6. The molecule has 102 valence electrons. The van der Waals surface area contributed by atoms with Gasteiger partial charge in [0.25, 0.3) is 5.91 Å². The van der Waals surface area contributed by atoms with E-state index < -0.39 is 0 Å². The standard InChI is InChI=1S/C17H17NO2/c1-12-10-13-6-3-4-9-16(13)18(12)17(19)14-7-5-8-15(11-14)20-2/h3-9,11-12H,10H2,1-2H3/t12-/m0/s1. The molecule has 3 rings (SSSR count). The van der Waals surface area contributed by atoms with Gasteiger partial charge in [-0.05, 0) is 43.2 Å². The molecule has 0 fully saturated rings. The summed E-state index contributed by atoms with van der Waals surface area (Å²) >= 11 is 0. The lowest BCUT2D eigenvalue weighted by Crippen LogP contribution is -2.35. The molecule has 1 atom stereocenters. The monoisotopic (exact) mass is 267 g/mol. The molecule has 0 radical (unpaired) electrons. The fourth-order valence-electron chi connectivity index (χ4n) is 2.77. The number of hydrogen-bond acceptors (Lipinski definition) is 2. The van der Waals surface area contributed by atoms with Gasteiger partial charge < -0.3 is 9.64 Å².